The molecule has 1 fully saturated rings. The zero-order valence-electron chi connectivity index (χ0n) is 7.49. The fourth-order valence-corrected chi connectivity index (χ4v) is 1.53. The van der Waals surface area contributed by atoms with Crippen LogP contribution in [0.3, 0.4) is 0 Å². The lowest BCUT2D eigenvalue weighted by Crippen LogP contribution is -2.36. The Labute approximate surface area is 78.1 Å². The molecule has 13 heavy (non-hydrogen) atoms. The van der Waals surface area contributed by atoms with Crippen molar-refractivity contribution in [2.45, 2.75) is 0 Å². The van der Waals surface area contributed by atoms with Crippen molar-refractivity contribution < 1.29 is 4.74 Å². The number of hydrogen-bond acceptors (Lipinski definition) is 3. The molecule has 1 aliphatic rings. The van der Waals surface area contributed by atoms with Crippen molar-refractivity contribution in [1.82, 2.24) is 0 Å². The van der Waals surface area contributed by atoms with Crippen LogP contribution in [0.15, 0.2) is 18.2 Å². The first-order valence-corrected chi connectivity index (χ1v) is 4.46. The smallest absolute Gasteiger partial charge is 0.0642 e. The van der Waals surface area contributed by atoms with Gasteiger partial charge in [0.05, 0.1) is 24.6 Å². The second-order valence-corrected chi connectivity index (χ2v) is 3.08. The van der Waals surface area contributed by atoms with Crippen molar-refractivity contribution >= 4 is 11.4 Å². The van der Waals surface area contributed by atoms with Gasteiger partial charge in [0.2, 0.25) is 0 Å². The SMILES string of the molecule is Nc1c[c]ccc1N1CCOCC1. The number of anilines is 2. The van der Waals surface area contributed by atoms with Crippen LogP contribution in [0.25, 0.3) is 0 Å². The van der Waals surface area contributed by atoms with Crippen LogP contribution in [-0.4, -0.2) is 26.3 Å². The number of rotatable bonds is 1. The minimum atomic E-state index is 0.790. The number of hydrogen-bond donors (Lipinski definition) is 1. The number of morpholine rings is 1. The summed E-state index contributed by atoms with van der Waals surface area (Å²) in [4.78, 5) is 2.24. The van der Waals surface area contributed by atoms with Gasteiger partial charge in [-0.25, -0.2) is 0 Å². The monoisotopic (exact) mass is 177 g/mol. The maximum atomic E-state index is 5.84. The van der Waals surface area contributed by atoms with Gasteiger partial charge in [0.1, 0.15) is 0 Å². The summed E-state index contributed by atoms with van der Waals surface area (Å²) in [7, 11) is 0. The van der Waals surface area contributed by atoms with E-state index in [-0.39, 0.29) is 0 Å². The predicted octanol–water partition coefficient (Wildman–Crippen LogP) is 0.906. The lowest BCUT2D eigenvalue weighted by atomic mass is 10.2. The largest absolute Gasteiger partial charge is 0.397 e. The third-order valence-electron chi connectivity index (χ3n) is 2.22. The first kappa shape index (κ1) is 8.38. The number of nitrogens with two attached hydrogens (primary N) is 1. The van der Waals surface area contributed by atoms with Gasteiger partial charge < -0.3 is 15.4 Å². The van der Waals surface area contributed by atoms with Crippen molar-refractivity contribution in [2.75, 3.05) is 36.9 Å². The van der Waals surface area contributed by atoms with Crippen LogP contribution in [-0.2, 0) is 4.74 Å². The van der Waals surface area contributed by atoms with Crippen molar-refractivity contribution in [1.29, 1.82) is 0 Å². The lowest BCUT2D eigenvalue weighted by Gasteiger charge is -2.29. The molecule has 69 valence electrons. The number of benzene rings is 1. The quantitative estimate of drug-likeness (QED) is 0.648. The van der Waals surface area contributed by atoms with E-state index < -0.39 is 0 Å². The van der Waals surface area contributed by atoms with Gasteiger partial charge in [-0.2, -0.15) is 0 Å². The Hall–Kier alpha value is -1.22. The fraction of sp³-hybridized carbons (Fsp3) is 0.400. The summed E-state index contributed by atoms with van der Waals surface area (Å²) < 4.78 is 5.27. The summed E-state index contributed by atoms with van der Waals surface area (Å²) in [5.74, 6) is 0. The molecule has 0 unspecified atom stereocenters. The van der Waals surface area contributed by atoms with Crippen molar-refractivity contribution in [2.24, 2.45) is 0 Å². The molecule has 1 saturated heterocycles. The first-order chi connectivity index (χ1) is 6.38. The number of ether oxygens (including phenoxy) is 1. The molecule has 0 spiro atoms. The summed E-state index contributed by atoms with van der Waals surface area (Å²) in [6.45, 7) is 3.43. The van der Waals surface area contributed by atoms with Crippen LogP contribution in [0, 0.1) is 6.07 Å². The average molecular weight is 177 g/mol. The maximum absolute atomic E-state index is 5.84. The molecule has 0 bridgehead atoms. The molecule has 0 aromatic heterocycles. The fourth-order valence-electron chi connectivity index (χ4n) is 1.53. The highest BCUT2D eigenvalue weighted by atomic mass is 16.5. The van der Waals surface area contributed by atoms with E-state index in [1.54, 1.807) is 0 Å². The molecule has 0 amide bonds. The van der Waals surface area contributed by atoms with Gasteiger partial charge in [0.25, 0.3) is 0 Å². The molecular weight excluding hydrogens is 164 g/mol. The summed E-state index contributed by atoms with van der Waals surface area (Å²) in [6.07, 6.45) is 0. The zero-order chi connectivity index (χ0) is 9.10. The number of nitrogens with zero attached hydrogens (tertiary/aromatic N) is 1. The molecule has 1 aromatic carbocycles. The minimum absolute atomic E-state index is 0.790. The van der Waals surface area contributed by atoms with Gasteiger partial charge in [-0.3, -0.25) is 0 Å². The van der Waals surface area contributed by atoms with E-state index in [1.807, 2.05) is 18.2 Å². The van der Waals surface area contributed by atoms with Gasteiger partial charge in [0, 0.05) is 13.1 Å². The Kier molecular flexibility index (Phi) is 2.36. The molecule has 1 aromatic rings. The maximum Gasteiger partial charge on any atom is 0.0642 e. The van der Waals surface area contributed by atoms with E-state index in [9.17, 15) is 0 Å². The van der Waals surface area contributed by atoms with E-state index >= 15 is 0 Å². The molecule has 2 N–H and O–H groups in total. The molecule has 2 rings (SSSR count). The van der Waals surface area contributed by atoms with Gasteiger partial charge in [-0.05, 0) is 18.2 Å². The molecular formula is C10H13N2O. The van der Waals surface area contributed by atoms with Crippen LogP contribution in [0.2, 0.25) is 0 Å². The lowest BCUT2D eigenvalue weighted by molar-refractivity contribution is 0.123. The Morgan fingerprint density at radius 3 is 2.85 bits per heavy atom. The van der Waals surface area contributed by atoms with Crippen molar-refractivity contribution in [3.63, 3.8) is 0 Å². The van der Waals surface area contributed by atoms with Gasteiger partial charge in [-0.15, -0.1) is 0 Å². The standard InChI is InChI=1S/C10H13N2O/c11-9-3-1-2-4-10(9)12-5-7-13-8-6-12/h2-4H,5-8,11H2. The predicted molar refractivity (Wildman–Crippen MR) is 52.7 cm³/mol. The highest BCUT2D eigenvalue weighted by Crippen LogP contribution is 2.22. The molecule has 0 atom stereocenters. The third-order valence-corrected chi connectivity index (χ3v) is 2.22. The Balaban J connectivity index is 2.18. The van der Waals surface area contributed by atoms with E-state index in [0.29, 0.717) is 0 Å². The average Bonchev–Trinajstić information content (AvgIpc) is 2.20. The van der Waals surface area contributed by atoms with E-state index in [1.165, 1.54) is 0 Å². The van der Waals surface area contributed by atoms with Crippen LogP contribution in [0.5, 0.6) is 0 Å². The van der Waals surface area contributed by atoms with E-state index in [4.69, 9.17) is 10.5 Å². The molecule has 3 nitrogen and oxygen atoms in total. The molecule has 0 aliphatic carbocycles. The zero-order valence-corrected chi connectivity index (χ0v) is 7.49. The summed E-state index contributed by atoms with van der Waals surface area (Å²) in [5, 5.41) is 0. The highest BCUT2D eigenvalue weighted by molar-refractivity contribution is 5.67. The van der Waals surface area contributed by atoms with Crippen LogP contribution >= 0.6 is 0 Å². The first-order valence-electron chi connectivity index (χ1n) is 4.46. The Morgan fingerprint density at radius 2 is 2.15 bits per heavy atom. The van der Waals surface area contributed by atoms with E-state index in [0.717, 1.165) is 37.7 Å². The molecule has 1 aliphatic heterocycles. The number of nitrogen functional groups attached to an aromatic ring is 1. The van der Waals surface area contributed by atoms with Gasteiger partial charge >= 0.3 is 0 Å². The van der Waals surface area contributed by atoms with Gasteiger partial charge in [-0.1, -0.05) is 6.07 Å². The topological polar surface area (TPSA) is 38.5 Å². The molecule has 1 radical (unpaired) electrons. The second-order valence-electron chi connectivity index (χ2n) is 3.08. The Bertz CT molecular complexity index is 282. The van der Waals surface area contributed by atoms with Crippen LogP contribution in [0.4, 0.5) is 11.4 Å². The van der Waals surface area contributed by atoms with Crippen molar-refractivity contribution in [3.8, 4) is 0 Å². The van der Waals surface area contributed by atoms with E-state index in [2.05, 4.69) is 11.0 Å². The van der Waals surface area contributed by atoms with Crippen LogP contribution in [0.1, 0.15) is 0 Å². The molecule has 3 heteroatoms. The van der Waals surface area contributed by atoms with Gasteiger partial charge in [0.15, 0.2) is 0 Å². The van der Waals surface area contributed by atoms with Crippen molar-refractivity contribution in [3.05, 3.63) is 24.3 Å². The summed E-state index contributed by atoms with van der Waals surface area (Å²) in [5.41, 5.74) is 7.73. The molecule has 0 saturated carbocycles. The van der Waals surface area contributed by atoms with Crippen LogP contribution < -0.4 is 10.6 Å². The normalized spacial score (nSPS) is 17.4. The second kappa shape index (κ2) is 3.66. The summed E-state index contributed by atoms with van der Waals surface area (Å²) >= 11 is 0. The Morgan fingerprint density at radius 1 is 1.38 bits per heavy atom. The molecule has 1 heterocycles. The third kappa shape index (κ3) is 1.75. The summed E-state index contributed by atoms with van der Waals surface area (Å²) in [6, 6.07) is 8.66. The minimum Gasteiger partial charge on any atom is -0.397 e. The highest BCUT2D eigenvalue weighted by Gasteiger charge is 2.12.